The minimum atomic E-state index is -2.37. The zero-order valence-electron chi connectivity index (χ0n) is 22.2. The van der Waals surface area contributed by atoms with Gasteiger partial charge in [0.25, 0.3) is 0 Å². The van der Waals surface area contributed by atoms with Crippen molar-refractivity contribution in [2.45, 2.75) is 66.8 Å². The van der Waals surface area contributed by atoms with Gasteiger partial charge >= 0.3 is 131 Å². The fraction of sp³-hybridized carbons (Fsp3) is 0.464. The van der Waals surface area contributed by atoms with Gasteiger partial charge < -0.3 is 0 Å². The van der Waals surface area contributed by atoms with Crippen molar-refractivity contribution >= 4 is 33.0 Å². The molecule has 0 radical (unpaired) electrons. The predicted octanol–water partition coefficient (Wildman–Crippen LogP) is 6.92. The third-order valence-electron chi connectivity index (χ3n) is 7.15. The molecule has 188 valence electrons. The third kappa shape index (κ3) is 8.30. The van der Waals surface area contributed by atoms with Gasteiger partial charge in [-0.25, -0.2) is 0 Å². The molecule has 2 aliphatic carbocycles. The molecule has 0 aromatic heterocycles. The zero-order valence-corrected chi connectivity index (χ0v) is 25.7. The topological polar surface area (TPSA) is 29.1 Å². The molecule has 1 fully saturated rings. The van der Waals surface area contributed by atoms with Crippen LogP contribution in [0.3, 0.4) is 0 Å². The maximum atomic E-state index is 12.5. The Morgan fingerprint density at radius 1 is 0.882 bits per heavy atom. The van der Waals surface area contributed by atoms with Crippen LogP contribution in [0.1, 0.15) is 23.2 Å². The van der Waals surface area contributed by atoms with Crippen LogP contribution < -0.4 is 3.80 Å². The summed E-state index contributed by atoms with van der Waals surface area (Å²) >= 11 is -2.37. The molecule has 3 atom stereocenters. The predicted molar refractivity (Wildman–Crippen MR) is 160 cm³/mol. The number of rotatable bonds is 6. The summed E-state index contributed by atoms with van der Waals surface area (Å²) in [6.45, 7) is 22.4. The normalized spacial score (nSPS) is 21.5. The Morgan fingerprint density at radius 3 is 1.88 bits per heavy atom. The van der Waals surface area contributed by atoms with Gasteiger partial charge in [0.1, 0.15) is 0 Å². The average molecular weight is 548 g/mol. The largest absolute Gasteiger partial charge is 0.0149 e. The number of amides is 1. The van der Waals surface area contributed by atoms with E-state index in [4.69, 9.17) is 0 Å². The van der Waals surface area contributed by atoms with Crippen molar-refractivity contribution in [2.75, 3.05) is 0 Å². The van der Waals surface area contributed by atoms with E-state index in [-0.39, 0.29) is 16.9 Å². The van der Waals surface area contributed by atoms with Crippen LogP contribution in [-0.2, 0) is 16.8 Å². The Labute approximate surface area is 219 Å². The first-order chi connectivity index (χ1) is 15.1. The van der Waals surface area contributed by atoms with Crippen LogP contribution in [0.25, 0.3) is 0 Å². The van der Waals surface area contributed by atoms with Crippen LogP contribution in [0, 0.1) is 11.8 Å². The summed E-state index contributed by atoms with van der Waals surface area (Å²) in [5.74, 6) is 1.44. The van der Waals surface area contributed by atoms with Crippen LogP contribution in [0.15, 0.2) is 78.2 Å². The molecule has 6 heteroatoms. The van der Waals surface area contributed by atoms with E-state index < -0.39 is 33.0 Å². The van der Waals surface area contributed by atoms with Crippen molar-refractivity contribution < 1.29 is 21.6 Å². The fourth-order valence-corrected chi connectivity index (χ4v) is 13.7. The van der Waals surface area contributed by atoms with Crippen LogP contribution in [-0.4, -0.2) is 33.0 Å². The van der Waals surface area contributed by atoms with Crippen molar-refractivity contribution in [3.8, 4) is 0 Å². The van der Waals surface area contributed by atoms with E-state index in [1.807, 2.05) is 30.3 Å². The molecular weight excluding hydrogens is 498 g/mol. The summed E-state index contributed by atoms with van der Waals surface area (Å²) in [5.41, 5.74) is 0.782. The van der Waals surface area contributed by atoms with Gasteiger partial charge in [-0.05, 0) is 11.0 Å². The molecule has 1 aromatic rings. The Kier molecular flexibility index (Phi) is 11.2. The SMILES string of the molecule is C=C(C(=C)[Si](C)(C)C)[Si](C)(C)C.[CH3][Ti]([CH3])([NH]C(=O)c1ccccc1)[CH]1CCC2C=CC=CC21.[SiH4]. The number of fused-ring (bicyclic) bond motifs is 1. The second kappa shape index (κ2) is 12.3. The van der Waals surface area contributed by atoms with Crippen LogP contribution in [0.5, 0.6) is 0 Å². The molecule has 1 N–H and O–H groups in total. The first-order valence-corrected chi connectivity index (χ1v) is 24.1. The van der Waals surface area contributed by atoms with Gasteiger partial charge in [0.2, 0.25) is 0 Å². The molecule has 1 aromatic carbocycles. The van der Waals surface area contributed by atoms with Crippen molar-refractivity contribution in [1.29, 1.82) is 0 Å². The Balaban J connectivity index is 0.000000386. The van der Waals surface area contributed by atoms with Gasteiger partial charge in [-0.3, -0.25) is 0 Å². The van der Waals surface area contributed by atoms with Gasteiger partial charge in [-0.2, -0.15) is 0 Å². The molecule has 34 heavy (non-hydrogen) atoms. The van der Waals surface area contributed by atoms with E-state index in [0.29, 0.717) is 16.1 Å². The second-order valence-corrected chi connectivity index (χ2v) is 29.3. The van der Waals surface area contributed by atoms with Gasteiger partial charge in [0, 0.05) is 0 Å². The summed E-state index contributed by atoms with van der Waals surface area (Å²) in [6.07, 6.45) is 11.6. The van der Waals surface area contributed by atoms with Crippen molar-refractivity contribution in [3.05, 3.63) is 83.7 Å². The zero-order chi connectivity index (χ0) is 25.0. The molecule has 3 rings (SSSR count). The van der Waals surface area contributed by atoms with E-state index in [1.165, 1.54) is 23.2 Å². The summed E-state index contributed by atoms with van der Waals surface area (Å²) < 4.78 is 4.12. The van der Waals surface area contributed by atoms with Gasteiger partial charge in [0.15, 0.2) is 0 Å². The molecule has 2 aliphatic rings. The summed E-state index contributed by atoms with van der Waals surface area (Å²) in [5, 5.41) is 7.42. The monoisotopic (exact) mass is 547 g/mol. The number of allylic oxidation sites excluding steroid dienone is 6. The number of nitrogens with one attached hydrogen (secondary N) is 1. The first kappa shape index (κ1) is 31.0. The molecule has 0 heterocycles. The number of carbonyl (C=O) groups excluding carboxylic acids is 1. The second-order valence-electron chi connectivity index (χ2n) is 12.2. The molecule has 2 nitrogen and oxygen atoms in total. The Hall–Kier alpha value is -0.985. The van der Waals surface area contributed by atoms with Crippen LogP contribution in [0.4, 0.5) is 0 Å². The third-order valence-corrected chi connectivity index (χ3v) is 16.9. The van der Waals surface area contributed by atoms with E-state index in [9.17, 15) is 4.79 Å². The minimum Gasteiger partial charge on any atom is -0.0149 e. The molecule has 3 unspecified atom stereocenters. The van der Waals surface area contributed by atoms with E-state index in [1.54, 1.807) is 0 Å². The Morgan fingerprint density at radius 2 is 1.38 bits per heavy atom. The molecule has 0 bridgehead atoms. The number of hydrogen-bond acceptors (Lipinski definition) is 1. The van der Waals surface area contributed by atoms with Crippen molar-refractivity contribution in [2.24, 2.45) is 11.8 Å². The van der Waals surface area contributed by atoms with Crippen molar-refractivity contribution in [1.82, 2.24) is 3.80 Å². The van der Waals surface area contributed by atoms with Crippen LogP contribution >= 0.6 is 0 Å². The van der Waals surface area contributed by atoms with Gasteiger partial charge in [0.05, 0.1) is 16.1 Å². The quantitative estimate of drug-likeness (QED) is 0.304. The van der Waals surface area contributed by atoms with Crippen LogP contribution in [0.2, 0.25) is 54.0 Å². The van der Waals surface area contributed by atoms with Crippen molar-refractivity contribution in [3.63, 3.8) is 0 Å². The smallest absolute Gasteiger partial charge is 0.0149 e. The summed E-state index contributed by atoms with van der Waals surface area (Å²) in [4.78, 5) is 12.5. The fourth-order valence-electron chi connectivity index (χ4n) is 4.75. The Bertz CT molecular complexity index is 899. The maximum absolute atomic E-state index is 12.5. The van der Waals surface area contributed by atoms with E-state index in [2.05, 4.69) is 91.0 Å². The number of carbonyl (C=O) groups is 1. The van der Waals surface area contributed by atoms with E-state index >= 15 is 0 Å². The molecule has 1 amide bonds. The number of hydrogen-bond donors (Lipinski definition) is 1. The molecule has 0 aliphatic heterocycles. The standard InChI is InChI=1S/C10H22Si2.C9H11.C7H7NO.2CH3.H4Si.Ti/c1-9(11(3,4)5)10(2)12(6,7)8;1-2-5-9-7-3-6-8(9)4-1;8-7(9)6-4-2-1-3-5-6;;;;/h1-2H2,3-8H3;1-2,4-6,8-9H,3,7H2;1-5H,(H2,8,9);2*1H3;1H4;/q;;;;;;+1/p-1. The minimum absolute atomic E-state index is 0. The van der Waals surface area contributed by atoms with Gasteiger partial charge in [-0.15, -0.1) is 0 Å². The maximum Gasteiger partial charge on any atom is -0.0149 e. The number of benzene rings is 1. The summed E-state index contributed by atoms with van der Waals surface area (Å²) in [6, 6.07) is 9.59. The average Bonchev–Trinajstić information content (AvgIpc) is 3.17. The molecule has 1 saturated carbocycles. The van der Waals surface area contributed by atoms with Gasteiger partial charge in [-0.1, -0.05) is 62.8 Å². The molecular formula is C28H49NOSi3Ti. The first-order valence-electron chi connectivity index (χ1n) is 12.3. The molecule has 0 spiro atoms. The van der Waals surface area contributed by atoms with E-state index in [0.717, 1.165) is 5.56 Å². The molecule has 0 saturated heterocycles. The summed E-state index contributed by atoms with van der Waals surface area (Å²) in [7, 11) is -2.39.